The van der Waals surface area contributed by atoms with E-state index in [9.17, 15) is 9.18 Å². The third-order valence-corrected chi connectivity index (χ3v) is 5.69. The minimum Gasteiger partial charge on any atom is -0.348 e. The van der Waals surface area contributed by atoms with Crippen molar-refractivity contribution in [1.82, 2.24) is 24.6 Å². The molecule has 0 fully saturated rings. The summed E-state index contributed by atoms with van der Waals surface area (Å²) in [6.45, 7) is 3.08. The molecule has 6 nitrogen and oxygen atoms in total. The largest absolute Gasteiger partial charge is 0.348 e. The van der Waals surface area contributed by atoms with Crippen molar-refractivity contribution in [3.63, 3.8) is 0 Å². The second-order valence-electron chi connectivity index (χ2n) is 7.35. The van der Waals surface area contributed by atoms with Crippen LogP contribution in [0.2, 0.25) is 0 Å². The number of fused-ring (bicyclic) bond motifs is 2. The van der Waals surface area contributed by atoms with Crippen molar-refractivity contribution < 1.29 is 9.18 Å². The van der Waals surface area contributed by atoms with Gasteiger partial charge in [-0.25, -0.2) is 4.39 Å². The molecule has 4 heterocycles. The monoisotopic (exact) mass is 389 g/mol. The fourth-order valence-corrected chi connectivity index (χ4v) is 4.11. The number of carbonyl (C=O) groups is 1. The fraction of sp³-hybridized carbons (Fsp3) is 0.227. The van der Waals surface area contributed by atoms with Crippen LogP contribution in [-0.4, -0.2) is 30.6 Å². The fourth-order valence-electron chi connectivity index (χ4n) is 4.11. The molecule has 3 aromatic heterocycles. The topological polar surface area (TPSA) is 66.8 Å². The smallest absolute Gasteiger partial charge is 0.270 e. The first-order valence-electron chi connectivity index (χ1n) is 9.60. The summed E-state index contributed by atoms with van der Waals surface area (Å²) in [5.41, 5.74) is 5.76. The molecule has 0 spiro atoms. The average Bonchev–Trinajstić information content (AvgIpc) is 3.44. The number of hydrogen-bond acceptors (Lipinski definition) is 3. The van der Waals surface area contributed by atoms with Gasteiger partial charge in [-0.2, -0.15) is 5.10 Å². The quantitative estimate of drug-likeness (QED) is 0.579. The molecule has 0 unspecified atom stereocenters. The van der Waals surface area contributed by atoms with Gasteiger partial charge in [0.25, 0.3) is 5.91 Å². The van der Waals surface area contributed by atoms with E-state index in [0.717, 1.165) is 34.4 Å². The number of nitrogens with one attached hydrogen (secondary N) is 1. The van der Waals surface area contributed by atoms with Crippen molar-refractivity contribution in [2.75, 3.05) is 0 Å². The number of H-pyrrole nitrogens is 1. The van der Waals surface area contributed by atoms with Gasteiger partial charge in [-0.15, -0.1) is 0 Å². The molecule has 1 aromatic carbocycles. The van der Waals surface area contributed by atoms with Crippen LogP contribution in [0.1, 0.15) is 34.2 Å². The van der Waals surface area contributed by atoms with Gasteiger partial charge in [-0.3, -0.25) is 14.5 Å². The Balaban J connectivity index is 1.57. The molecule has 29 heavy (non-hydrogen) atoms. The van der Waals surface area contributed by atoms with Crippen molar-refractivity contribution in [2.24, 2.45) is 7.05 Å². The van der Waals surface area contributed by atoms with E-state index in [1.165, 1.54) is 6.07 Å². The Kier molecular flexibility index (Phi) is 3.97. The summed E-state index contributed by atoms with van der Waals surface area (Å²) in [5.74, 6) is -0.525. The predicted octanol–water partition coefficient (Wildman–Crippen LogP) is 3.82. The molecular weight excluding hydrogens is 369 g/mol. The van der Waals surface area contributed by atoms with Gasteiger partial charge in [0.15, 0.2) is 0 Å². The van der Waals surface area contributed by atoms with Crippen molar-refractivity contribution >= 4 is 16.8 Å². The van der Waals surface area contributed by atoms with Crippen LogP contribution in [0.5, 0.6) is 0 Å². The first-order chi connectivity index (χ1) is 14.1. The Bertz CT molecular complexity index is 1260. The number of halogens is 1. The number of amides is 1. The summed E-state index contributed by atoms with van der Waals surface area (Å²) in [6.07, 6.45) is 6.19. The SMILES string of the molecule is CCc1ccncc1-c1ccc(F)c2[nH]c(C(=O)N3Cc4cnn(C)c4C3)cc12. The standard InChI is InChI=1S/C22H20FN5O/c1-3-13-6-7-24-10-17(13)15-4-5-18(23)21-16(15)8-19(26-21)22(29)28-11-14-9-25-27(2)20(14)12-28/h4-10,26H,3,11-12H2,1-2H3. The Labute approximate surface area is 167 Å². The Morgan fingerprint density at radius 2 is 2.07 bits per heavy atom. The van der Waals surface area contributed by atoms with Gasteiger partial charge in [-0.05, 0) is 35.7 Å². The number of aryl methyl sites for hydroxylation is 2. The number of nitrogens with zero attached hydrogens (tertiary/aromatic N) is 4. The van der Waals surface area contributed by atoms with Gasteiger partial charge in [0.05, 0.1) is 24.0 Å². The normalized spacial score (nSPS) is 13.3. The highest BCUT2D eigenvalue weighted by Crippen LogP contribution is 2.33. The lowest BCUT2D eigenvalue weighted by molar-refractivity contribution is 0.0743. The number of pyridine rings is 1. The summed E-state index contributed by atoms with van der Waals surface area (Å²) in [4.78, 5) is 22.1. The van der Waals surface area contributed by atoms with Crippen LogP contribution in [0.3, 0.4) is 0 Å². The van der Waals surface area contributed by atoms with E-state index in [1.807, 2.05) is 13.1 Å². The molecule has 146 valence electrons. The number of benzene rings is 1. The highest BCUT2D eigenvalue weighted by molar-refractivity contribution is 6.03. The van der Waals surface area contributed by atoms with Crippen LogP contribution in [-0.2, 0) is 26.6 Å². The van der Waals surface area contributed by atoms with E-state index in [2.05, 4.69) is 22.0 Å². The molecule has 1 N–H and O–H groups in total. The van der Waals surface area contributed by atoms with E-state index in [-0.39, 0.29) is 11.7 Å². The maximum atomic E-state index is 14.6. The lowest BCUT2D eigenvalue weighted by atomic mass is 9.97. The molecular formula is C22H20FN5O. The molecule has 7 heteroatoms. The van der Waals surface area contributed by atoms with Gasteiger partial charge >= 0.3 is 0 Å². The van der Waals surface area contributed by atoms with E-state index in [4.69, 9.17) is 0 Å². The maximum absolute atomic E-state index is 14.6. The molecule has 0 radical (unpaired) electrons. The van der Waals surface area contributed by atoms with Crippen LogP contribution in [0.25, 0.3) is 22.0 Å². The van der Waals surface area contributed by atoms with Crippen LogP contribution in [0.15, 0.2) is 42.9 Å². The summed E-state index contributed by atoms with van der Waals surface area (Å²) >= 11 is 0. The molecule has 0 saturated carbocycles. The van der Waals surface area contributed by atoms with Gasteiger partial charge in [-0.1, -0.05) is 13.0 Å². The molecule has 0 aliphatic carbocycles. The first-order valence-corrected chi connectivity index (χ1v) is 9.60. The van der Waals surface area contributed by atoms with Crippen LogP contribution in [0, 0.1) is 5.82 Å². The number of aromatic nitrogens is 4. The van der Waals surface area contributed by atoms with Gasteiger partial charge < -0.3 is 9.88 Å². The molecule has 0 atom stereocenters. The highest BCUT2D eigenvalue weighted by Gasteiger charge is 2.28. The highest BCUT2D eigenvalue weighted by atomic mass is 19.1. The minimum atomic E-state index is -0.376. The predicted molar refractivity (Wildman–Crippen MR) is 108 cm³/mol. The van der Waals surface area contributed by atoms with Crippen molar-refractivity contribution in [1.29, 1.82) is 0 Å². The van der Waals surface area contributed by atoms with Crippen LogP contribution in [0.4, 0.5) is 4.39 Å². The number of hydrogen-bond donors (Lipinski definition) is 1. The average molecular weight is 389 g/mol. The molecule has 4 aromatic rings. The Hall–Kier alpha value is -3.48. The lowest BCUT2D eigenvalue weighted by Crippen LogP contribution is -2.26. The molecule has 1 aliphatic heterocycles. The van der Waals surface area contributed by atoms with E-state index >= 15 is 0 Å². The van der Waals surface area contributed by atoms with E-state index in [1.54, 1.807) is 40.3 Å². The van der Waals surface area contributed by atoms with Crippen molar-refractivity contribution in [3.05, 3.63) is 71.2 Å². The molecule has 0 saturated heterocycles. The lowest BCUT2D eigenvalue weighted by Gasteiger charge is -2.14. The summed E-state index contributed by atoms with van der Waals surface area (Å²) in [5, 5.41) is 4.92. The molecule has 0 bridgehead atoms. The van der Waals surface area contributed by atoms with Gasteiger partial charge in [0.2, 0.25) is 0 Å². The van der Waals surface area contributed by atoms with E-state index in [0.29, 0.717) is 29.7 Å². The van der Waals surface area contributed by atoms with Crippen molar-refractivity contribution in [2.45, 2.75) is 26.4 Å². The summed E-state index contributed by atoms with van der Waals surface area (Å²) in [7, 11) is 1.87. The third kappa shape index (κ3) is 2.73. The Morgan fingerprint density at radius 1 is 1.21 bits per heavy atom. The van der Waals surface area contributed by atoms with Crippen molar-refractivity contribution in [3.8, 4) is 11.1 Å². The summed E-state index contributed by atoms with van der Waals surface area (Å²) < 4.78 is 16.3. The number of rotatable bonds is 3. The Morgan fingerprint density at radius 3 is 2.86 bits per heavy atom. The number of carbonyl (C=O) groups excluding carboxylic acids is 1. The first kappa shape index (κ1) is 17.6. The second-order valence-corrected chi connectivity index (χ2v) is 7.35. The van der Waals surface area contributed by atoms with Gasteiger partial charge in [0.1, 0.15) is 11.5 Å². The zero-order valence-electron chi connectivity index (χ0n) is 16.2. The summed E-state index contributed by atoms with van der Waals surface area (Å²) in [6, 6.07) is 6.92. The molecule has 1 amide bonds. The van der Waals surface area contributed by atoms with Crippen LogP contribution >= 0.6 is 0 Å². The number of aromatic amines is 1. The second kappa shape index (κ2) is 6.55. The minimum absolute atomic E-state index is 0.148. The van der Waals surface area contributed by atoms with Crippen LogP contribution < -0.4 is 0 Å². The third-order valence-electron chi connectivity index (χ3n) is 5.69. The molecule has 1 aliphatic rings. The zero-order chi connectivity index (χ0) is 20.1. The zero-order valence-corrected chi connectivity index (χ0v) is 16.2. The maximum Gasteiger partial charge on any atom is 0.270 e. The molecule has 5 rings (SSSR count). The van der Waals surface area contributed by atoms with E-state index < -0.39 is 0 Å². The van der Waals surface area contributed by atoms with Gasteiger partial charge in [0, 0.05) is 42.5 Å².